The smallest absolute Gasteiger partial charge is 0.234 e. The van der Waals surface area contributed by atoms with Crippen LogP contribution in [0.15, 0.2) is 30.3 Å². The Morgan fingerprint density at radius 2 is 1.84 bits per heavy atom. The predicted molar refractivity (Wildman–Crippen MR) is 71.1 cm³/mol. The van der Waals surface area contributed by atoms with Crippen molar-refractivity contribution < 1.29 is 9.59 Å². The van der Waals surface area contributed by atoms with Crippen LogP contribution in [0.5, 0.6) is 0 Å². The maximum atomic E-state index is 12.1. The molecule has 1 aromatic carbocycles. The fraction of sp³-hybridized carbons (Fsp3) is 0.467. The van der Waals surface area contributed by atoms with E-state index in [-0.39, 0.29) is 29.7 Å². The number of nitrogens with zero attached hydrogens (tertiary/aromatic N) is 2. The molecule has 3 atom stereocenters. The molecule has 0 unspecified atom stereocenters. The molecule has 0 aliphatic carbocycles. The molecule has 2 aliphatic rings. The van der Waals surface area contributed by atoms with E-state index in [1.807, 2.05) is 18.2 Å². The molecule has 0 aromatic heterocycles. The Labute approximate surface area is 113 Å². The Hall–Kier alpha value is -1.68. The summed E-state index contributed by atoms with van der Waals surface area (Å²) in [6, 6.07) is 10.3. The molecular weight excluding hydrogens is 240 g/mol. The molecule has 0 radical (unpaired) electrons. The fourth-order valence-electron chi connectivity index (χ4n) is 3.31. The minimum absolute atomic E-state index is 0.0157. The molecule has 2 fully saturated rings. The van der Waals surface area contributed by atoms with Gasteiger partial charge in [0.15, 0.2) is 0 Å². The van der Waals surface area contributed by atoms with Gasteiger partial charge in [-0.25, -0.2) is 0 Å². The number of carbonyl (C=O) groups excluding carboxylic acids is 2. The Morgan fingerprint density at radius 1 is 1.16 bits per heavy atom. The summed E-state index contributed by atoms with van der Waals surface area (Å²) in [6.07, 6.45) is 0. The lowest BCUT2D eigenvalue weighted by Crippen LogP contribution is -2.37. The van der Waals surface area contributed by atoms with Crippen molar-refractivity contribution in [1.82, 2.24) is 9.80 Å². The van der Waals surface area contributed by atoms with Gasteiger partial charge >= 0.3 is 0 Å². The number of carbonyl (C=O) groups is 2. The Balaban J connectivity index is 1.78. The van der Waals surface area contributed by atoms with E-state index in [1.165, 1.54) is 10.5 Å². The first-order valence-corrected chi connectivity index (χ1v) is 6.69. The van der Waals surface area contributed by atoms with Gasteiger partial charge in [-0.15, -0.1) is 0 Å². The van der Waals surface area contributed by atoms with Gasteiger partial charge in [-0.3, -0.25) is 19.4 Å². The topological polar surface area (TPSA) is 40.6 Å². The second kappa shape index (κ2) is 4.46. The summed E-state index contributed by atoms with van der Waals surface area (Å²) in [6.45, 7) is 3.55. The van der Waals surface area contributed by atoms with Gasteiger partial charge in [0, 0.05) is 26.2 Å². The first-order valence-electron chi connectivity index (χ1n) is 6.69. The van der Waals surface area contributed by atoms with Gasteiger partial charge in [0.1, 0.15) is 0 Å². The van der Waals surface area contributed by atoms with Gasteiger partial charge in [-0.1, -0.05) is 30.3 Å². The molecule has 0 N–H and O–H groups in total. The number of fused-ring (bicyclic) bond motifs is 1. The molecule has 2 saturated heterocycles. The van der Waals surface area contributed by atoms with Crippen molar-refractivity contribution in [2.24, 2.45) is 11.8 Å². The second-order valence-electron chi connectivity index (χ2n) is 5.52. The van der Waals surface area contributed by atoms with E-state index in [9.17, 15) is 9.59 Å². The second-order valence-corrected chi connectivity index (χ2v) is 5.52. The summed E-state index contributed by atoms with van der Waals surface area (Å²) in [5, 5.41) is 0. The molecule has 4 heteroatoms. The van der Waals surface area contributed by atoms with E-state index >= 15 is 0 Å². The first-order chi connectivity index (χ1) is 9.09. The summed E-state index contributed by atoms with van der Waals surface area (Å²) < 4.78 is 0. The molecule has 3 rings (SSSR count). The van der Waals surface area contributed by atoms with E-state index < -0.39 is 0 Å². The highest BCUT2D eigenvalue weighted by atomic mass is 16.2. The number of imide groups is 1. The van der Waals surface area contributed by atoms with Crippen molar-refractivity contribution >= 4 is 11.8 Å². The van der Waals surface area contributed by atoms with Crippen molar-refractivity contribution in [3.63, 3.8) is 0 Å². The van der Waals surface area contributed by atoms with Crippen LogP contribution in [0.3, 0.4) is 0 Å². The van der Waals surface area contributed by atoms with Crippen molar-refractivity contribution in [2.45, 2.75) is 19.5 Å². The molecular formula is C15H18N2O2. The molecule has 0 bridgehead atoms. The lowest BCUT2D eigenvalue weighted by Gasteiger charge is -2.24. The SMILES string of the molecule is C[C@@H]1[C@H]2C(=O)N(C)C(=O)[C@@H]2CN1Cc1ccccc1. The highest BCUT2D eigenvalue weighted by molar-refractivity contribution is 6.05. The van der Waals surface area contributed by atoms with Crippen LogP contribution in [-0.2, 0) is 16.1 Å². The van der Waals surface area contributed by atoms with E-state index in [0.29, 0.717) is 6.54 Å². The minimum Gasteiger partial charge on any atom is -0.295 e. The lowest BCUT2D eigenvalue weighted by atomic mass is 9.94. The number of likely N-dealkylation sites (tertiary alicyclic amines) is 2. The van der Waals surface area contributed by atoms with Crippen molar-refractivity contribution in [3.8, 4) is 0 Å². The van der Waals surface area contributed by atoms with Crippen LogP contribution in [0.4, 0.5) is 0 Å². The van der Waals surface area contributed by atoms with Crippen LogP contribution < -0.4 is 0 Å². The van der Waals surface area contributed by atoms with Crippen molar-refractivity contribution in [2.75, 3.05) is 13.6 Å². The lowest BCUT2D eigenvalue weighted by molar-refractivity contribution is -0.139. The van der Waals surface area contributed by atoms with Gasteiger partial charge in [0.25, 0.3) is 0 Å². The molecule has 2 heterocycles. The number of rotatable bonds is 2. The number of hydrogen-bond donors (Lipinski definition) is 0. The zero-order valence-corrected chi connectivity index (χ0v) is 11.2. The summed E-state index contributed by atoms with van der Waals surface area (Å²) in [5.74, 6) is -0.326. The normalized spacial score (nSPS) is 31.1. The zero-order chi connectivity index (χ0) is 13.6. The van der Waals surface area contributed by atoms with Crippen LogP contribution in [0.1, 0.15) is 12.5 Å². The molecule has 19 heavy (non-hydrogen) atoms. The van der Waals surface area contributed by atoms with Crippen LogP contribution >= 0.6 is 0 Å². The fourth-order valence-corrected chi connectivity index (χ4v) is 3.31. The Kier molecular flexibility index (Phi) is 2.90. The summed E-state index contributed by atoms with van der Waals surface area (Å²) >= 11 is 0. The molecule has 0 saturated carbocycles. The van der Waals surface area contributed by atoms with Gasteiger partial charge in [-0.05, 0) is 12.5 Å². The van der Waals surface area contributed by atoms with Gasteiger partial charge in [0.05, 0.1) is 11.8 Å². The monoisotopic (exact) mass is 258 g/mol. The summed E-state index contributed by atoms with van der Waals surface area (Å²) in [5.41, 5.74) is 1.22. The third-order valence-electron chi connectivity index (χ3n) is 4.45. The number of amides is 2. The number of benzene rings is 1. The average Bonchev–Trinajstić information content (AvgIpc) is 2.84. The summed E-state index contributed by atoms with van der Waals surface area (Å²) in [7, 11) is 1.59. The molecule has 0 spiro atoms. The molecule has 1 aromatic rings. The molecule has 2 amide bonds. The highest BCUT2D eigenvalue weighted by Gasteiger charge is 2.54. The van der Waals surface area contributed by atoms with Crippen LogP contribution in [0.25, 0.3) is 0 Å². The van der Waals surface area contributed by atoms with E-state index in [4.69, 9.17) is 0 Å². The third kappa shape index (κ3) is 1.87. The van der Waals surface area contributed by atoms with Crippen molar-refractivity contribution in [3.05, 3.63) is 35.9 Å². The minimum atomic E-state index is -0.152. The maximum absolute atomic E-state index is 12.1. The maximum Gasteiger partial charge on any atom is 0.234 e. The zero-order valence-electron chi connectivity index (χ0n) is 11.2. The van der Waals surface area contributed by atoms with Crippen LogP contribution in [0, 0.1) is 11.8 Å². The first kappa shape index (κ1) is 12.4. The summed E-state index contributed by atoms with van der Waals surface area (Å²) in [4.78, 5) is 27.6. The van der Waals surface area contributed by atoms with E-state index in [1.54, 1.807) is 7.05 Å². The Morgan fingerprint density at radius 3 is 2.47 bits per heavy atom. The van der Waals surface area contributed by atoms with E-state index in [0.717, 1.165) is 6.54 Å². The predicted octanol–water partition coefficient (Wildman–Crippen LogP) is 1.12. The van der Waals surface area contributed by atoms with E-state index in [2.05, 4.69) is 24.0 Å². The van der Waals surface area contributed by atoms with Gasteiger partial charge in [0.2, 0.25) is 11.8 Å². The van der Waals surface area contributed by atoms with Crippen LogP contribution in [-0.4, -0.2) is 41.2 Å². The molecule has 4 nitrogen and oxygen atoms in total. The quantitative estimate of drug-likeness (QED) is 0.746. The molecule has 2 aliphatic heterocycles. The number of hydrogen-bond acceptors (Lipinski definition) is 3. The largest absolute Gasteiger partial charge is 0.295 e. The average molecular weight is 258 g/mol. The van der Waals surface area contributed by atoms with Gasteiger partial charge < -0.3 is 0 Å². The molecule has 100 valence electrons. The van der Waals surface area contributed by atoms with Crippen molar-refractivity contribution in [1.29, 1.82) is 0 Å². The standard InChI is InChI=1S/C15H18N2O2/c1-10-13-12(14(18)16(2)15(13)19)9-17(10)8-11-6-4-3-5-7-11/h3-7,10,12-13H,8-9H2,1-2H3/t10-,12-,13-/m1/s1. The van der Waals surface area contributed by atoms with Crippen LogP contribution in [0.2, 0.25) is 0 Å². The third-order valence-corrected chi connectivity index (χ3v) is 4.45. The Bertz CT molecular complexity index is 514. The highest BCUT2D eigenvalue weighted by Crippen LogP contribution is 2.37. The van der Waals surface area contributed by atoms with Gasteiger partial charge in [-0.2, -0.15) is 0 Å².